The molecule has 7 nitrogen and oxygen atoms in total. The van der Waals surface area contributed by atoms with Crippen molar-refractivity contribution in [1.82, 2.24) is 24.7 Å². The Morgan fingerprint density at radius 1 is 1.39 bits per heavy atom. The quantitative estimate of drug-likeness (QED) is 0.572. The first-order chi connectivity index (χ1) is 11.2. The third-order valence-corrected chi connectivity index (χ3v) is 5.21. The molecular weight excluding hydrogens is 334 g/mol. The van der Waals surface area contributed by atoms with E-state index in [4.69, 9.17) is 4.42 Å². The van der Waals surface area contributed by atoms with Gasteiger partial charge < -0.3 is 14.0 Å². The van der Waals surface area contributed by atoms with Gasteiger partial charge >= 0.3 is 0 Å². The number of thiophene rings is 1. The monoisotopic (exact) mass is 345 g/mol. The van der Waals surface area contributed by atoms with Crippen molar-refractivity contribution >= 4 is 33.3 Å². The Morgan fingerprint density at radius 2 is 2.30 bits per heavy atom. The van der Waals surface area contributed by atoms with Crippen molar-refractivity contribution in [3.8, 4) is 11.6 Å². The topological polar surface area (TPSA) is 89.6 Å². The van der Waals surface area contributed by atoms with Gasteiger partial charge in [0.15, 0.2) is 16.7 Å². The fourth-order valence-electron chi connectivity index (χ4n) is 2.18. The molecule has 23 heavy (non-hydrogen) atoms. The van der Waals surface area contributed by atoms with Gasteiger partial charge in [0.25, 0.3) is 5.56 Å². The van der Waals surface area contributed by atoms with E-state index in [2.05, 4.69) is 20.2 Å². The molecule has 0 atom stereocenters. The molecule has 0 spiro atoms. The molecule has 1 N–H and O–H groups in total. The van der Waals surface area contributed by atoms with Crippen LogP contribution in [0, 0.1) is 0 Å². The molecule has 4 rings (SSSR count). The van der Waals surface area contributed by atoms with E-state index in [1.165, 1.54) is 23.1 Å². The molecule has 0 saturated heterocycles. The van der Waals surface area contributed by atoms with Gasteiger partial charge in [-0.05, 0) is 23.6 Å². The lowest BCUT2D eigenvalue weighted by molar-refractivity contribution is 0.572. The number of fused-ring (bicyclic) bond motifs is 1. The predicted octanol–water partition coefficient (Wildman–Crippen LogP) is 2.67. The maximum absolute atomic E-state index is 12.0. The highest BCUT2D eigenvalue weighted by Crippen LogP contribution is 2.25. The summed E-state index contributed by atoms with van der Waals surface area (Å²) in [5.41, 5.74) is 0.624. The second kappa shape index (κ2) is 5.67. The minimum atomic E-state index is -0.102. The molecule has 9 heteroatoms. The summed E-state index contributed by atoms with van der Waals surface area (Å²) in [4.78, 5) is 19.2. The van der Waals surface area contributed by atoms with Crippen LogP contribution >= 0.6 is 23.1 Å². The summed E-state index contributed by atoms with van der Waals surface area (Å²) in [5.74, 6) is 2.45. The Bertz CT molecular complexity index is 1020. The van der Waals surface area contributed by atoms with Crippen molar-refractivity contribution in [1.29, 1.82) is 0 Å². The van der Waals surface area contributed by atoms with Gasteiger partial charge in [-0.15, -0.1) is 21.5 Å². The van der Waals surface area contributed by atoms with Gasteiger partial charge in [-0.2, -0.15) is 0 Å². The van der Waals surface area contributed by atoms with Crippen LogP contribution in [0.3, 0.4) is 0 Å². The van der Waals surface area contributed by atoms with Gasteiger partial charge in [0, 0.05) is 7.05 Å². The number of rotatable bonds is 4. The molecule has 116 valence electrons. The molecule has 0 aliphatic heterocycles. The fourth-order valence-corrected chi connectivity index (χ4v) is 3.69. The standard InChI is InChI=1S/C14H11N5O2S2/c1-19-12(9-3-2-5-21-9)17-18-14(19)23-7-10-15-8-4-6-22-11(8)13(20)16-10/h2-6H,7H2,1H3,(H,15,16,20). The van der Waals surface area contributed by atoms with Crippen molar-refractivity contribution in [2.24, 2.45) is 7.05 Å². The third-order valence-electron chi connectivity index (χ3n) is 3.28. The first-order valence-electron chi connectivity index (χ1n) is 6.75. The number of nitrogens with zero attached hydrogens (tertiary/aromatic N) is 4. The third kappa shape index (κ3) is 2.57. The summed E-state index contributed by atoms with van der Waals surface area (Å²) in [7, 11) is 1.87. The van der Waals surface area contributed by atoms with Crippen LogP contribution in [0.25, 0.3) is 21.8 Å². The number of nitrogens with one attached hydrogen (secondary N) is 1. The summed E-state index contributed by atoms with van der Waals surface area (Å²) < 4.78 is 7.84. The molecule has 0 unspecified atom stereocenters. The van der Waals surface area contributed by atoms with E-state index in [1.807, 2.05) is 35.2 Å². The molecule has 0 fully saturated rings. The summed E-state index contributed by atoms with van der Waals surface area (Å²) in [6.45, 7) is 0. The molecule has 0 saturated carbocycles. The average Bonchev–Trinajstić information content (AvgIpc) is 3.25. The summed E-state index contributed by atoms with van der Waals surface area (Å²) in [5, 5.41) is 10.9. The zero-order valence-electron chi connectivity index (χ0n) is 12.0. The molecule has 4 aromatic rings. The molecule has 0 amide bonds. The summed E-state index contributed by atoms with van der Waals surface area (Å²) in [6.07, 6.45) is 1.60. The average molecular weight is 345 g/mol. The van der Waals surface area contributed by atoms with Crippen molar-refractivity contribution in [2.75, 3.05) is 0 Å². The minimum absolute atomic E-state index is 0.102. The van der Waals surface area contributed by atoms with Crippen LogP contribution in [0.1, 0.15) is 5.82 Å². The SMILES string of the molecule is Cn1c(SCc2nc3ccsc3c(=O)[nH]2)nnc1-c1ccco1. The van der Waals surface area contributed by atoms with Crippen molar-refractivity contribution in [3.63, 3.8) is 0 Å². The Balaban J connectivity index is 1.58. The number of hydrogen-bond donors (Lipinski definition) is 1. The van der Waals surface area contributed by atoms with Crippen LogP contribution < -0.4 is 5.56 Å². The molecule has 0 aliphatic carbocycles. The summed E-state index contributed by atoms with van der Waals surface area (Å²) >= 11 is 2.85. The number of hydrogen-bond acceptors (Lipinski definition) is 7. The van der Waals surface area contributed by atoms with Crippen molar-refractivity contribution < 1.29 is 4.42 Å². The van der Waals surface area contributed by atoms with Gasteiger partial charge in [0.1, 0.15) is 10.5 Å². The van der Waals surface area contributed by atoms with Crippen LogP contribution in [-0.4, -0.2) is 24.7 Å². The molecule has 0 aromatic carbocycles. The highest BCUT2D eigenvalue weighted by molar-refractivity contribution is 7.98. The second-order valence-corrected chi connectivity index (χ2v) is 6.64. The maximum Gasteiger partial charge on any atom is 0.268 e. The van der Waals surface area contributed by atoms with Gasteiger partial charge in [0.05, 0.1) is 17.5 Å². The lowest BCUT2D eigenvalue weighted by Crippen LogP contribution is -2.09. The Hall–Kier alpha value is -2.39. The smallest absolute Gasteiger partial charge is 0.268 e. The van der Waals surface area contributed by atoms with Crippen molar-refractivity contribution in [2.45, 2.75) is 10.9 Å². The van der Waals surface area contributed by atoms with Gasteiger partial charge in [-0.25, -0.2) is 4.98 Å². The maximum atomic E-state index is 12.0. The Morgan fingerprint density at radius 3 is 3.13 bits per heavy atom. The first kappa shape index (κ1) is 14.2. The van der Waals surface area contributed by atoms with Crippen LogP contribution in [0.15, 0.2) is 44.2 Å². The predicted molar refractivity (Wildman–Crippen MR) is 88.5 cm³/mol. The van der Waals surface area contributed by atoms with E-state index >= 15 is 0 Å². The van der Waals surface area contributed by atoms with E-state index in [0.29, 0.717) is 27.9 Å². The lowest BCUT2D eigenvalue weighted by Gasteiger charge is -2.02. The zero-order chi connectivity index (χ0) is 15.8. The number of H-pyrrole nitrogens is 1. The van der Waals surface area contributed by atoms with Crippen LogP contribution in [0.2, 0.25) is 0 Å². The van der Waals surface area contributed by atoms with Crippen LogP contribution in [0.4, 0.5) is 0 Å². The second-order valence-electron chi connectivity index (χ2n) is 4.78. The zero-order valence-corrected chi connectivity index (χ0v) is 13.6. The fraction of sp³-hybridized carbons (Fsp3) is 0.143. The number of aromatic nitrogens is 5. The van der Waals surface area contributed by atoms with E-state index in [1.54, 1.807) is 6.26 Å². The van der Waals surface area contributed by atoms with E-state index in [9.17, 15) is 4.79 Å². The number of aromatic amines is 1. The highest BCUT2D eigenvalue weighted by atomic mass is 32.2. The lowest BCUT2D eigenvalue weighted by atomic mass is 10.4. The number of furan rings is 1. The normalized spacial score (nSPS) is 11.3. The van der Waals surface area contributed by atoms with Gasteiger partial charge in [0.2, 0.25) is 0 Å². The van der Waals surface area contributed by atoms with Gasteiger partial charge in [-0.3, -0.25) is 4.79 Å². The molecule has 0 bridgehead atoms. The minimum Gasteiger partial charge on any atom is -0.461 e. The summed E-state index contributed by atoms with van der Waals surface area (Å²) in [6, 6.07) is 5.49. The molecule has 0 radical (unpaired) electrons. The Kier molecular flexibility index (Phi) is 3.50. The van der Waals surface area contributed by atoms with E-state index < -0.39 is 0 Å². The van der Waals surface area contributed by atoms with Crippen LogP contribution in [0.5, 0.6) is 0 Å². The first-order valence-corrected chi connectivity index (χ1v) is 8.61. The molecular formula is C14H11N5O2S2. The van der Waals surface area contributed by atoms with Gasteiger partial charge in [-0.1, -0.05) is 11.8 Å². The molecule has 4 aromatic heterocycles. The van der Waals surface area contributed by atoms with E-state index in [0.717, 1.165) is 10.7 Å². The molecule has 4 heterocycles. The number of thioether (sulfide) groups is 1. The Labute approximate surface area is 138 Å². The largest absolute Gasteiger partial charge is 0.461 e. The molecule has 0 aliphatic rings. The van der Waals surface area contributed by atoms with Crippen LogP contribution in [-0.2, 0) is 12.8 Å². The van der Waals surface area contributed by atoms with E-state index in [-0.39, 0.29) is 5.56 Å². The van der Waals surface area contributed by atoms with Crippen molar-refractivity contribution in [3.05, 3.63) is 46.0 Å². The highest BCUT2D eigenvalue weighted by Gasteiger charge is 2.14.